The maximum atomic E-state index is 14.0. The molecule has 0 saturated carbocycles. The van der Waals surface area contributed by atoms with Crippen LogP contribution in [0.3, 0.4) is 0 Å². The number of pyridine rings is 2. The SMILES string of the molecule is Cc1cc2c(cn1)-c1c(cc(C)nc1F)CC2. The largest absolute Gasteiger partial charge is 0.261 e. The fourth-order valence-corrected chi connectivity index (χ4v) is 2.50. The van der Waals surface area contributed by atoms with E-state index in [1.807, 2.05) is 26.0 Å². The van der Waals surface area contributed by atoms with Gasteiger partial charge in [-0.15, -0.1) is 0 Å². The number of aryl methyl sites for hydroxylation is 4. The Labute approximate surface area is 99.5 Å². The highest BCUT2D eigenvalue weighted by molar-refractivity contribution is 5.72. The molecule has 2 nitrogen and oxygen atoms in total. The van der Waals surface area contributed by atoms with Crippen molar-refractivity contribution in [3.05, 3.63) is 46.8 Å². The molecule has 0 amide bonds. The summed E-state index contributed by atoms with van der Waals surface area (Å²) in [4.78, 5) is 8.17. The molecular weight excluding hydrogens is 215 g/mol. The number of rotatable bonds is 0. The van der Waals surface area contributed by atoms with Gasteiger partial charge in [-0.25, -0.2) is 4.98 Å². The van der Waals surface area contributed by atoms with Crippen LogP contribution in [0.1, 0.15) is 22.5 Å². The molecule has 1 aliphatic rings. The van der Waals surface area contributed by atoms with Gasteiger partial charge in [-0.05, 0) is 49.9 Å². The Kier molecular flexibility index (Phi) is 2.21. The van der Waals surface area contributed by atoms with Gasteiger partial charge in [-0.2, -0.15) is 4.39 Å². The highest BCUT2D eigenvalue weighted by Crippen LogP contribution is 2.34. The fraction of sp³-hybridized carbons (Fsp3) is 0.286. The van der Waals surface area contributed by atoms with Crippen LogP contribution in [0.5, 0.6) is 0 Å². The molecule has 0 saturated heterocycles. The van der Waals surface area contributed by atoms with E-state index in [1.165, 1.54) is 5.56 Å². The fourth-order valence-electron chi connectivity index (χ4n) is 2.50. The van der Waals surface area contributed by atoms with E-state index < -0.39 is 0 Å². The molecule has 0 aromatic carbocycles. The van der Waals surface area contributed by atoms with Gasteiger partial charge in [0.25, 0.3) is 0 Å². The first-order chi connectivity index (χ1) is 8.15. The molecule has 0 aliphatic heterocycles. The van der Waals surface area contributed by atoms with Crippen molar-refractivity contribution < 1.29 is 4.39 Å². The molecule has 0 spiro atoms. The summed E-state index contributed by atoms with van der Waals surface area (Å²) in [6, 6.07) is 4.01. The van der Waals surface area contributed by atoms with E-state index in [2.05, 4.69) is 9.97 Å². The zero-order valence-electron chi connectivity index (χ0n) is 9.92. The first kappa shape index (κ1) is 10.4. The predicted molar refractivity (Wildman–Crippen MR) is 64.3 cm³/mol. The van der Waals surface area contributed by atoms with Gasteiger partial charge < -0.3 is 0 Å². The Bertz CT molecular complexity index is 605. The van der Waals surface area contributed by atoms with Crippen molar-refractivity contribution in [3.63, 3.8) is 0 Å². The quantitative estimate of drug-likeness (QED) is 0.648. The van der Waals surface area contributed by atoms with Crippen LogP contribution < -0.4 is 0 Å². The first-order valence-corrected chi connectivity index (χ1v) is 5.77. The molecule has 0 radical (unpaired) electrons. The Morgan fingerprint density at radius 1 is 1.06 bits per heavy atom. The van der Waals surface area contributed by atoms with Crippen LogP contribution in [0.15, 0.2) is 18.3 Å². The maximum absolute atomic E-state index is 14.0. The molecule has 86 valence electrons. The van der Waals surface area contributed by atoms with E-state index in [0.717, 1.165) is 35.4 Å². The van der Waals surface area contributed by atoms with Crippen LogP contribution in [0.2, 0.25) is 0 Å². The number of hydrogen-bond acceptors (Lipinski definition) is 2. The van der Waals surface area contributed by atoms with E-state index in [0.29, 0.717) is 5.56 Å². The molecule has 3 rings (SSSR count). The normalized spacial score (nSPS) is 13.1. The Morgan fingerprint density at radius 2 is 1.76 bits per heavy atom. The molecule has 0 atom stereocenters. The number of halogens is 1. The third-order valence-corrected chi connectivity index (χ3v) is 3.24. The molecule has 1 aliphatic carbocycles. The lowest BCUT2D eigenvalue weighted by molar-refractivity contribution is 0.579. The van der Waals surface area contributed by atoms with Gasteiger partial charge >= 0.3 is 0 Å². The van der Waals surface area contributed by atoms with Crippen LogP contribution in [0.4, 0.5) is 4.39 Å². The third kappa shape index (κ3) is 1.62. The third-order valence-electron chi connectivity index (χ3n) is 3.24. The minimum atomic E-state index is -0.369. The van der Waals surface area contributed by atoms with Crippen molar-refractivity contribution in [1.82, 2.24) is 9.97 Å². The molecule has 0 fully saturated rings. The van der Waals surface area contributed by atoms with Crippen molar-refractivity contribution >= 4 is 0 Å². The van der Waals surface area contributed by atoms with E-state index in [1.54, 1.807) is 6.20 Å². The van der Waals surface area contributed by atoms with E-state index >= 15 is 0 Å². The van der Waals surface area contributed by atoms with Crippen molar-refractivity contribution in [1.29, 1.82) is 0 Å². The zero-order valence-corrected chi connectivity index (χ0v) is 9.92. The van der Waals surface area contributed by atoms with Crippen molar-refractivity contribution in [2.45, 2.75) is 26.7 Å². The second-order valence-electron chi connectivity index (χ2n) is 4.57. The topological polar surface area (TPSA) is 25.8 Å². The van der Waals surface area contributed by atoms with Gasteiger partial charge in [0.1, 0.15) is 0 Å². The van der Waals surface area contributed by atoms with Gasteiger partial charge in [-0.3, -0.25) is 4.98 Å². The van der Waals surface area contributed by atoms with Crippen LogP contribution in [-0.4, -0.2) is 9.97 Å². The smallest absolute Gasteiger partial charge is 0.221 e. The highest BCUT2D eigenvalue weighted by Gasteiger charge is 2.21. The summed E-state index contributed by atoms with van der Waals surface area (Å²) in [7, 11) is 0. The summed E-state index contributed by atoms with van der Waals surface area (Å²) in [5.41, 5.74) is 5.49. The lowest BCUT2D eigenvalue weighted by Crippen LogP contribution is -2.09. The summed E-state index contributed by atoms with van der Waals surface area (Å²) >= 11 is 0. The molecule has 3 heteroatoms. The van der Waals surface area contributed by atoms with Crippen LogP contribution in [0, 0.1) is 19.8 Å². The monoisotopic (exact) mass is 228 g/mol. The first-order valence-electron chi connectivity index (χ1n) is 5.77. The minimum Gasteiger partial charge on any atom is -0.261 e. The summed E-state index contributed by atoms with van der Waals surface area (Å²) in [5.74, 6) is -0.369. The zero-order chi connectivity index (χ0) is 12.0. The van der Waals surface area contributed by atoms with E-state index in [9.17, 15) is 4.39 Å². The number of hydrogen-bond donors (Lipinski definition) is 0. The van der Waals surface area contributed by atoms with Gasteiger partial charge in [0, 0.05) is 28.7 Å². The van der Waals surface area contributed by atoms with Crippen LogP contribution in [-0.2, 0) is 12.8 Å². The van der Waals surface area contributed by atoms with Crippen molar-refractivity contribution in [2.75, 3.05) is 0 Å². The maximum Gasteiger partial charge on any atom is 0.221 e. The second-order valence-corrected chi connectivity index (χ2v) is 4.57. The molecule has 2 aromatic heterocycles. The second kappa shape index (κ2) is 3.62. The molecule has 0 N–H and O–H groups in total. The van der Waals surface area contributed by atoms with Gasteiger partial charge in [-0.1, -0.05) is 0 Å². The molecule has 0 unspecified atom stereocenters. The molecule has 2 heterocycles. The van der Waals surface area contributed by atoms with Crippen molar-refractivity contribution in [3.8, 4) is 11.1 Å². The number of nitrogens with zero attached hydrogens (tertiary/aromatic N) is 2. The average Bonchev–Trinajstić information content (AvgIpc) is 2.28. The summed E-state index contributed by atoms with van der Waals surface area (Å²) in [5, 5.41) is 0. The predicted octanol–water partition coefficient (Wildman–Crippen LogP) is 3.00. The van der Waals surface area contributed by atoms with E-state index in [-0.39, 0.29) is 5.95 Å². The molecule has 0 bridgehead atoms. The van der Waals surface area contributed by atoms with Crippen LogP contribution in [0.25, 0.3) is 11.1 Å². The highest BCUT2D eigenvalue weighted by atomic mass is 19.1. The Morgan fingerprint density at radius 3 is 2.59 bits per heavy atom. The summed E-state index contributed by atoms with van der Waals surface area (Å²) in [6.45, 7) is 3.78. The lowest BCUT2D eigenvalue weighted by atomic mass is 9.87. The molecule has 2 aromatic rings. The minimum absolute atomic E-state index is 0.369. The van der Waals surface area contributed by atoms with Gasteiger partial charge in [0.05, 0.1) is 0 Å². The Hall–Kier alpha value is -1.77. The van der Waals surface area contributed by atoms with Gasteiger partial charge in [0.2, 0.25) is 5.95 Å². The molecule has 17 heavy (non-hydrogen) atoms. The standard InChI is InChI=1S/C14H13FN2/c1-8-5-10-3-4-11-6-9(2)17-14(15)13(11)12(10)7-16-8/h5-7H,3-4H2,1-2H3. The number of aromatic nitrogens is 2. The van der Waals surface area contributed by atoms with Crippen LogP contribution >= 0.6 is 0 Å². The lowest BCUT2D eigenvalue weighted by Gasteiger charge is -2.20. The van der Waals surface area contributed by atoms with E-state index in [4.69, 9.17) is 0 Å². The summed E-state index contributed by atoms with van der Waals surface area (Å²) in [6.07, 6.45) is 3.60. The average molecular weight is 228 g/mol. The van der Waals surface area contributed by atoms with Gasteiger partial charge in [0.15, 0.2) is 0 Å². The number of fused-ring (bicyclic) bond motifs is 3. The Balaban J connectivity index is 2.29. The molecular formula is C14H13FN2. The summed E-state index contributed by atoms with van der Waals surface area (Å²) < 4.78 is 14.0. The van der Waals surface area contributed by atoms with Crippen molar-refractivity contribution in [2.24, 2.45) is 0 Å².